The van der Waals surface area contributed by atoms with Gasteiger partial charge in [0.15, 0.2) is 0 Å². The summed E-state index contributed by atoms with van der Waals surface area (Å²) in [5, 5.41) is 7.00. The molecule has 0 saturated carbocycles. The summed E-state index contributed by atoms with van der Waals surface area (Å²) in [5.41, 5.74) is 0.285. The van der Waals surface area contributed by atoms with Gasteiger partial charge in [-0.2, -0.15) is 4.98 Å². The van der Waals surface area contributed by atoms with Crippen LogP contribution < -0.4 is 5.32 Å². The molecule has 0 aliphatic rings. The van der Waals surface area contributed by atoms with E-state index in [1.165, 1.54) is 12.1 Å². The predicted octanol–water partition coefficient (Wildman–Crippen LogP) is 3.19. The Morgan fingerprint density at radius 3 is 2.33 bits per heavy atom. The van der Waals surface area contributed by atoms with Gasteiger partial charge in [0.1, 0.15) is 11.6 Å². The van der Waals surface area contributed by atoms with Crippen molar-refractivity contribution in [1.82, 2.24) is 15.5 Å². The quantitative estimate of drug-likeness (QED) is 0.941. The van der Waals surface area contributed by atoms with Gasteiger partial charge in [-0.15, -0.1) is 0 Å². The zero-order chi connectivity index (χ0) is 15.6. The number of likely N-dealkylation sites (N-methyl/N-ethyl adjacent to an activating group) is 1. The lowest BCUT2D eigenvalue weighted by Crippen LogP contribution is -2.39. The van der Waals surface area contributed by atoms with E-state index in [2.05, 4.69) is 36.2 Å². The Hall–Kier alpha value is -1.82. The molecule has 0 aliphatic carbocycles. The Kier molecular flexibility index (Phi) is 4.37. The number of aromatic nitrogens is 2. The van der Waals surface area contributed by atoms with Crippen molar-refractivity contribution in [3.8, 4) is 11.4 Å². The molecule has 21 heavy (non-hydrogen) atoms. The molecule has 1 aromatic carbocycles. The van der Waals surface area contributed by atoms with Crippen LogP contribution in [-0.2, 0) is 6.42 Å². The molecular formula is C15H19F2N3O. The van der Waals surface area contributed by atoms with E-state index in [-0.39, 0.29) is 22.8 Å². The second kappa shape index (κ2) is 5.89. The van der Waals surface area contributed by atoms with Gasteiger partial charge in [0.2, 0.25) is 11.7 Å². The summed E-state index contributed by atoms with van der Waals surface area (Å²) in [6.45, 7) is 6.31. The largest absolute Gasteiger partial charge is 0.339 e. The van der Waals surface area contributed by atoms with Crippen molar-refractivity contribution in [2.45, 2.75) is 33.2 Å². The Morgan fingerprint density at radius 2 is 1.81 bits per heavy atom. The van der Waals surface area contributed by atoms with E-state index < -0.39 is 11.6 Å². The summed E-state index contributed by atoms with van der Waals surface area (Å²) >= 11 is 0. The number of nitrogens with zero attached hydrogens (tertiary/aromatic N) is 2. The van der Waals surface area contributed by atoms with E-state index in [9.17, 15) is 8.78 Å². The highest BCUT2D eigenvalue weighted by atomic mass is 19.1. The van der Waals surface area contributed by atoms with Gasteiger partial charge in [0.25, 0.3) is 0 Å². The standard InChI is InChI=1S/C15H19F2N3O/c1-15(2,3)12(18-4)8-13-19-14(20-21-13)9-5-10(16)7-11(17)6-9/h5-7,12,18H,8H2,1-4H3. The summed E-state index contributed by atoms with van der Waals surface area (Å²) in [5.74, 6) is -0.714. The fraction of sp³-hybridized carbons (Fsp3) is 0.467. The smallest absolute Gasteiger partial charge is 0.228 e. The minimum absolute atomic E-state index is 0.0222. The molecule has 1 heterocycles. The summed E-state index contributed by atoms with van der Waals surface area (Å²) in [6, 6.07) is 3.31. The van der Waals surface area contributed by atoms with Crippen LogP contribution in [0.5, 0.6) is 0 Å². The SMILES string of the molecule is CNC(Cc1nc(-c2cc(F)cc(F)c2)no1)C(C)(C)C. The molecule has 1 unspecified atom stereocenters. The molecule has 1 atom stereocenters. The Morgan fingerprint density at radius 1 is 1.19 bits per heavy atom. The normalized spacial score (nSPS) is 13.4. The zero-order valence-electron chi connectivity index (χ0n) is 12.6. The van der Waals surface area contributed by atoms with Gasteiger partial charge in [-0.25, -0.2) is 8.78 Å². The number of hydrogen-bond donors (Lipinski definition) is 1. The molecule has 6 heteroatoms. The maximum atomic E-state index is 13.2. The number of hydrogen-bond acceptors (Lipinski definition) is 4. The van der Waals surface area contributed by atoms with Gasteiger partial charge in [0, 0.05) is 24.1 Å². The lowest BCUT2D eigenvalue weighted by molar-refractivity contribution is 0.255. The van der Waals surface area contributed by atoms with Crippen molar-refractivity contribution in [2.75, 3.05) is 7.05 Å². The highest BCUT2D eigenvalue weighted by Crippen LogP contribution is 2.23. The number of rotatable bonds is 4. The average Bonchev–Trinajstić information content (AvgIpc) is 2.81. The second-order valence-electron chi connectivity index (χ2n) is 6.08. The van der Waals surface area contributed by atoms with Crippen LogP contribution in [0.4, 0.5) is 8.78 Å². The zero-order valence-corrected chi connectivity index (χ0v) is 12.6. The maximum Gasteiger partial charge on any atom is 0.228 e. The molecule has 0 saturated heterocycles. The van der Waals surface area contributed by atoms with Gasteiger partial charge < -0.3 is 9.84 Å². The van der Waals surface area contributed by atoms with Gasteiger partial charge in [-0.1, -0.05) is 25.9 Å². The summed E-state index contributed by atoms with van der Waals surface area (Å²) in [7, 11) is 1.87. The second-order valence-corrected chi connectivity index (χ2v) is 6.08. The Bertz CT molecular complexity index is 599. The number of halogens is 2. The highest BCUT2D eigenvalue weighted by Gasteiger charge is 2.25. The number of benzene rings is 1. The topological polar surface area (TPSA) is 51.0 Å². The average molecular weight is 295 g/mol. The van der Waals surface area contributed by atoms with Crippen LogP contribution in [0.3, 0.4) is 0 Å². The van der Waals surface area contributed by atoms with Crippen molar-refractivity contribution in [2.24, 2.45) is 5.41 Å². The van der Waals surface area contributed by atoms with Crippen LogP contribution >= 0.6 is 0 Å². The summed E-state index contributed by atoms with van der Waals surface area (Å²) in [4.78, 5) is 4.21. The van der Waals surface area contributed by atoms with Gasteiger partial charge in [-0.05, 0) is 24.6 Å². The molecule has 0 radical (unpaired) electrons. The van der Waals surface area contributed by atoms with Gasteiger partial charge in [-0.3, -0.25) is 0 Å². The molecule has 0 fully saturated rings. The third-order valence-corrected chi connectivity index (χ3v) is 3.36. The van der Waals surface area contributed by atoms with E-state index in [0.29, 0.717) is 12.3 Å². The Labute approximate surface area is 122 Å². The monoisotopic (exact) mass is 295 g/mol. The minimum Gasteiger partial charge on any atom is -0.339 e. The lowest BCUT2D eigenvalue weighted by atomic mass is 9.85. The number of nitrogens with one attached hydrogen (secondary N) is 1. The van der Waals surface area contributed by atoms with Crippen molar-refractivity contribution in [3.05, 3.63) is 35.7 Å². The van der Waals surface area contributed by atoms with Crippen LogP contribution in [0, 0.1) is 17.0 Å². The fourth-order valence-corrected chi connectivity index (χ4v) is 2.15. The summed E-state index contributed by atoms with van der Waals surface area (Å²) < 4.78 is 31.6. The lowest BCUT2D eigenvalue weighted by Gasteiger charge is -2.29. The molecule has 0 aliphatic heterocycles. The van der Waals surface area contributed by atoms with E-state index in [1.54, 1.807) is 0 Å². The first-order chi connectivity index (χ1) is 9.79. The first kappa shape index (κ1) is 15.6. The van der Waals surface area contributed by atoms with Gasteiger partial charge >= 0.3 is 0 Å². The minimum atomic E-state index is -0.667. The molecule has 0 amide bonds. The molecule has 114 valence electrons. The molecule has 2 rings (SSSR count). The maximum absolute atomic E-state index is 13.2. The molecular weight excluding hydrogens is 276 g/mol. The molecule has 1 N–H and O–H groups in total. The molecule has 1 aromatic heterocycles. The third-order valence-electron chi connectivity index (χ3n) is 3.36. The molecule has 4 nitrogen and oxygen atoms in total. The first-order valence-electron chi connectivity index (χ1n) is 6.76. The fourth-order valence-electron chi connectivity index (χ4n) is 2.15. The van der Waals surface area contributed by atoms with E-state index in [0.717, 1.165) is 6.07 Å². The molecule has 2 aromatic rings. The predicted molar refractivity (Wildman–Crippen MR) is 75.7 cm³/mol. The van der Waals surface area contributed by atoms with Crippen LogP contribution in [-0.4, -0.2) is 23.2 Å². The summed E-state index contributed by atoms with van der Waals surface area (Å²) in [6.07, 6.45) is 0.546. The van der Waals surface area contributed by atoms with E-state index in [1.807, 2.05) is 7.05 Å². The van der Waals surface area contributed by atoms with Crippen molar-refractivity contribution < 1.29 is 13.3 Å². The van der Waals surface area contributed by atoms with E-state index in [4.69, 9.17) is 4.52 Å². The van der Waals surface area contributed by atoms with Crippen molar-refractivity contribution in [1.29, 1.82) is 0 Å². The Balaban J connectivity index is 2.21. The van der Waals surface area contributed by atoms with E-state index >= 15 is 0 Å². The first-order valence-corrected chi connectivity index (χ1v) is 6.76. The molecule has 0 spiro atoms. The third kappa shape index (κ3) is 3.85. The van der Waals surface area contributed by atoms with Crippen molar-refractivity contribution >= 4 is 0 Å². The molecule has 0 bridgehead atoms. The van der Waals surface area contributed by atoms with Crippen LogP contribution in [0.25, 0.3) is 11.4 Å². The van der Waals surface area contributed by atoms with Crippen molar-refractivity contribution in [3.63, 3.8) is 0 Å². The van der Waals surface area contributed by atoms with Gasteiger partial charge in [0.05, 0.1) is 0 Å². The van der Waals surface area contributed by atoms with Crippen LogP contribution in [0.15, 0.2) is 22.7 Å². The highest BCUT2D eigenvalue weighted by molar-refractivity contribution is 5.54. The van der Waals surface area contributed by atoms with Crippen LogP contribution in [0.2, 0.25) is 0 Å². The van der Waals surface area contributed by atoms with Crippen LogP contribution in [0.1, 0.15) is 26.7 Å².